The lowest BCUT2D eigenvalue weighted by atomic mass is 10.3. The van der Waals surface area contributed by atoms with Gasteiger partial charge in [-0.3, -0.25) is 0 Å². The highest BCUT2D eigenvalue weighted by Gasteiger charge is 2.03. The molecule has 0 radical (unpaired) electrons. The summed E-state index contributed by atoms with van der Waals surface area (Å²) in [7, 11) is 0. The van der Waals surface area contributed by atoms with E-state index in [0.717, 1.165) is 18.9 Å². The largest absolute Gasteiger partial charge is 0.357 e. The fourth-order valence-corrected chi connectivity index (χ4v) is 1.40. The summed E-state index contributed by atoms with van der Waals surface area (Å²) in [6.07, 6.45) is 3.05. The summed E-state index contributed by atoms with van der Waals surface area (Å²) in [5.41, 5.74) is 1.28. The van der Waals surface area contributed by atoms with E-state index in [1.807, 2.05) is 26.1 Å². The van der Waals surface area contributed by atoms with Gasteiger partial charge in [-0.1, -0.05) is 20.8 Å². The third-order valence-corrected chi connectivity index (χ3v) is 2.10. The fourth-order valence-electron chi connectivity index (χ4n) is 1.40. The molecule has 0 aliphatic rings. The van der Waals surface area contributed by atoms with Gasteiger partial charge in [0, 0.05) is 19.3 Å². The molecule has 1 rings (SSSR count). The molecule has 1 aromatic heterocycles. The van der Waals surface area contributed by atoms with Gasteiger partial charge in [-0.05, 0) is 38.0 Å². The molecule has 0 fully saturated rings. The Kier molecular flexibility index (Phi) is 7.69. The van der Waals surface area contributed by atoms with Gasteiger partial charge in [-0.2, -0.15) is 0 Å². The van der Waals surface area contributed by atoms with Gasteiger partial charge >= 0.3 is 0 Å². The minimum absolute atomic E-state index is 1.03. The number of aromatic nitrogens is 1. The highest BCUT2D eigenvalue weighted by Crippen LogP contribution is 2.11. The molecule has 86 valence electrons. The van der Waals surface area contributed by atoms with Gasteiger partial charge in [-0.15, -0.1) is 0 Å². The molecule has 0 aliphatic heterocycles. The summed E-state index contributed by atoms with van der Waals surface area (Å²) in [5, 5.41) is 0. The third-order valence-electron chi connectivity index (χ3n) is 2.10. The van der Waals surface area contributed by atoms with E-state index in [-0.39, 0.29) is 0 Å². The van der Waals surface area contributed by atoms with Crippen LogP contribution in [0.25, 0.3) is 0 Å². The lowest BCUT2D eigenvalue weighted by Gasteiger charge is -2.21. The fraction of sp³-hybridized carbons (Fsp3) is 0.615. The second-order valence-corrected chi connectivity index (χ2v) is 3.27. The molecule has 0 saturated heterocycles. The minimum atomic E-state index is 1.03. The number of hydrogen-bond acceptors (Lipinski definition) is 2. The van der Waals surface area contributed by atoms with E-state index in [0.29, 0.717) is 0 Å². The second-order valence-electron chi connectivity index (χ2n) is 3.27. The first-order valence-corrected chi connectivity index (χ1v) is 5.95. The average molecular weight is 208 g/mol. The van der Waals surface area contributed by atoms with Crippen molar-refractivity contribution in [3.05, 3.63) is 23.9 Å². The number of nitrogens with zero attached hydrogens (tertiary/aromatic N) is 2. The topological polar surface area (TPSA) is 16.1 Å². The van der Waals surface area contributed by atoms with Crippen LogP contribution in [-0.4, -0.2) is 18.1 Å². The van der Waals surface area contributed by atoms with Crippen LogP contribution in [0.1, 0.15) is 39.7 Å². The van der Waals surface area contributed by atoms with Gasteiger partial charge in [0.1, 0.15) is 5.82 Å². The van der Waals surface area contributed by atoms with E-state index in [1.54, 1.807) is 0 Å². The number of rotatable bonds is 4. The summed E-state index contributed by atoms with van der Waals surface area (Å²) in [6, 6.07) is 4.17. The first-order valence-electron chi connectivity index (χ1n) is 5.95. The van der Waals surface area contributed by atoms with Crippen molar-refractivity contribution in [2.24, 2.45) is 0 Å². The van der Waals surface area contributed by atoms with Gasteiger partial charge in [0.2, 0.25) is 0 Å². The SMILES string of the molecule is CC.CCCN(CC)c1cc(C)ccn1. The van der Waals surface area contributed by atoms with Crippen molar-refractivity contribution >= 4 is 5.82 Å². The van der Waals surface area contributed by atoms with Gasteiger partial charge in [-0.25, -0.2) is 4.98 Å². The maximum Gasteiger partial charge on any atom is 0.128 e. The van der Waals surface area contributed by atoms with Crippen LogP contribution in [0.15, 0.2) is 18.3 Å². The molecule has 1 aromatic rings. The molecule has 0 bridgehead atoms. The maximum absolute atomic E-state index is 4.36. The van der Waals surface area contributed by atoms with Crippen molar-refractivity contribution in [1.29, 1.82) is 0 Å². The summed E-state index contributed by atoms with van der Waals surface area (Å²) < 4.78 is 0. The first-order chi connectivity index (χ1) is 7.27. The molecular weight excluding hydrogens is 184 g/mol. The molecule has 15 heavy (non-hydrogen) atoms. The number of anilines is 1. The highest BCUT2D eigenvalue weighted by atomic mass is 15.2. The van der Waals surface area contributed by atoms with Crippen LogP contribution in [0.2, 0.25) is 0 Å². The molecule has 2 nitrogen and oxygen atoms in total. The van der Waals surface area contributed by atoms with Crippen LogP contribution in [0.3, 0.4) is 0 Å². The molecule has 0 spiro atoms. The van der Waals surface area contributed by atoms with Crippen LogP contribution in [0.4, 0.5) is 5.82 Å². The molecule has 1 heterocycles. The quantitative estimate of drug-likeness (QED) is 0.750. The molecule has 0 aliphatic carbocycles. The monoisotopic (exact) mass is 208 g/mol. The Morgan fingerprint density at radius 3 is 2.40 bits per heavy atom. The molecule has 0 N–H and O–H groups in total. The number of hydrogen-bond donors (Lipinski definition) is 0. The summed E-state index contributed by atoms with van der Waals surface area (Å²) >= 11 is 0. The Balaban J connectivity index is 0.000000921. The Morgan fingerprint density at radius 2 is 1.93 bits per heavy atom. The van der Waals surface area contributed by atoms with Crippen molar-refractivity contribution in [2.75, 3.05) is 18.0 Å². The van der Waals surface area contributed by atoms with Crippen molar-refractivity contribution in [2.45, 2.75) is 41.0 Å². The smallest absolute Gasteiger partial charge is 0.128 e. The van der Waals surface area contributed by atoms with Crippen LogP contribution < -0.4 is 4.90 Å². The molecule has 0 atom stereocenters. The molecule has 0 amide bonds. The predicted molar refractivity (Wildman–Crippen MR) is 68.5 cm³/mol. The van der Waals surface area contributed by atoms with Gasteiger partial charge in [0.15, 0.2) is 0 Å². The van der Waals surface area contributed by atoms with Gasteiger partial charge in [0.05, 0.1) is 0 Å². The Hall–Kier alpha value is -1.05. The normalized spacial score (nSPS) is 9.13. The molecule has 0 aromatic carbocycles. The summed E-state index contributed by atoms with van der Waals surface area (Å²) in [5.74, 6) is 1.10. The van der Waals surface area contributed by atoms with Crippen molar-refractivity contribution in [1.82, 2.24) is 4.98 Å². The zero-order chi connectivity index (χ0) is 11.7. The Labute approximate surface area is 94.3 Å². The lowest BCUT2D eigenvalue weighted by Crippen LogP contribution is -2.24. The summed E-state index contributed by atoms with van der Waals surface area (Å²) in [4.78, 5) is 6.65. The number of aryl methyl sites for hydroxylation is 1. The van der Waals surface area contributed by atoms with E-state index < -0.39 is 0 Å². The zero-order valence-corrected chi connectivity index (χ0v) is 10.7. The second kappa shape index (κ2) is 8.27. The Morgan fingerprint density at radius 1 is 1.27 bits per heavy atom. The van der Waals surface area contributed by atoms with E-state index in [4.69, 9.17) is 0 Å². The first kappa shape index (κ1) is 13.9. The third kappa shape index (κ3) is 4.82. The highest BCUT2D eigenvalue weighted by molar-refractivity contribution is 5.40. The van der Waals surface area contributed by atoms with Crippen molar-refractivity contribution in [3.63, 3.8) is 0 Å². The number of pyridine rings is 1. The molecule has 2 heteroatoms. The van der Waals surface area contributed by atoms with Gasteiger partial charge in [0.25, 0.3) is 0 Å². The van der Waals surface area contributed by atoms with Crippen LogP contribution in [0.5, 0.6) is 0 Å². The average Bonchev–Trinajstić information content (AvgIpc) is 2.28. The standard InChI is InChI=1S/C11H18N2.C2H6/c1-4-8-13(5-2)11-9-10(3)6-7-12-11;1-2/h6-7,9H,4-5,8H2,1-3H3;1-2H3. The van der Waals surface area contributed by atoms with Crippen LogP contribution in [-0.2, 0) is 0 Å². The minimum Gasteiger partial charge on any atom is -0.357 e. The summed E-state index contributed by atoms with van der Waals surface area (Å²) in [6.45, 7) is 12.6. The lowest BCUT2D eigenvalue weighted by molar-refractivity contribution is 0.778. The zero-order valence-electron chi connectivity index (χ0n) is 10.7. The van der Waals surface area contributed by atoms with Crippen molar-refractivity contribution < 1.29 is 0 Å². The van der Waals surface area contributed by atoms with Crippen LogP contribution >= 0.6 is 0 Å². The Bertz CT molecular complexity index is 258. The maximum atomic E-state index is 4.36. The molecule has 0 saturated carbocycles. The van der Waals surface area contributed by atoms with E-state index in [9.17, 15) is 0 Å². The van der Waals surface area contributed by atoms with E-state index in [1.165, 1.54) is 12.0 Å². The van der Waals surface area contributed by atoms with E-state index in [2.05, 4.69) is 36.7 Å². The predicted octanol–water partition coefficient (Wildman–Crippen LogP) is 3.65. The van der Waals surface area contributed by atoms with E-state index >= 15 is 0 Å². The van der Waals surface area contributed by atoms with Crippen molar-refractivity contribution in [3.8, 4) is 0 Å². The van der Waals surface area contributed by atoms with Gasteiger partial charge < -0.3 is 4.90 Å². The van der Waals surface area contributed by atoms with Crippen LogP contribution in [0, 0.1) is 6.92 Å². The molecule has 0 unspecified atom stereocenters. The molecular formula is C13H24N2.